The maximum atomic E-state index is 12.1. The van der Waals surface area contributed by atoms with Crippen LogP contribution in [0.25, 0.3) is 0 Å². The third-order valence-electron chi connectivity index (χ3n) is 3.14. The lowest BCUT2D eigenvalue weighted by Gasteiger charge is -2.27. The van der Waals surface area contributed by atoms with E-state index in [-0.39, 0.29) is 17.9 Å². The molecule has 0 aromatic carbocycles. The van der Waals surface area contributed by atoms with Crippen LogP contribution in [0.4, 0.5) is 0 Å². The molecule has 0 aliphatic heterocycles. The summed E-state index contributed by atoms with van der Waals surface area (Å²) in [6, 6.07) is 2.13. The van der Waals surface area contributed by atoms with Gasteiger partial charge in [0.05, 0.1) is 12.5 Å². The van der Waals surface area contributed by atoms with Crippen molar-refractivity contribution in [2.45, 2.75) is 58.9 Å². The van der Waals surface area contributed by atoms with Gasteiger partial charge in [0.25, 0.3) is 0 Å². The zero-order valence-electron chi connectivity index (χ0n) is 11.0. The number of carbonyl (C=O) groups is 1. The van der Waals surface area contributed by atoms with E-state index in [2.05, 4.69) is 19.9 Å². The molecule has 0 aromatic heterocycles. The summed E-state index contributed by atoms with van der Waals surface area (Å²) in [5.41, 5.74) is 0. The first-order chi connectivity index (χ1) is 7.58. The zero-order chi connectivity index (χ0) is 12.6. The summed E-state index contributed by atoms with van der Waals surface area (Å²) in [5, 5.41) is 8.62. The molecule has 0 aliphatic rings. The third-order valence-corrected chi connectivity index (χ3v) is 3.14. The number of rotatable bonds is 7. The van der Waals surface area contributed by atoms with Gasteiger partial charge in [-0.1, -0.05) is 26.7 Å². The van der Waals surface area contributed by atoms with Gasteiger partial charge in [0, 0.05) is 19.0 Å². The SMILES string of the molecule is CCCCC(CC)C(=O)N(C)C(C)CC#N. The Morgan fingerprint density at radius 1 is 1.44 bits per heavy atom. The first kappa shape index (κ1) is 15.0. The van der Waals surface area contributed by atoms with E-state index in [1.54, 1.807) is 11.9 Å². The highest BCUT2D eigenvalue weighted by molar-refractivity contribution is 5.78. The maximum Gasteiger partial charge on any atom is 0.225 e. The molecule has 3 nitrogen and oxygen atoms in total. The predicted octanol–water partition coefficient (Wildman–Crippen LogP) is 2.96. The molecular weight excluding hydrogens is 200 g/mol. The highest BCUT2D eigenvalue weighted by Crippen LogP contribution is 2.17. The van der Waals surface area contributed by atoms with Crippen molar-refractivity contribution in [2.75, 3.05) is 7.05 Å². The molecule has 0 aliphatic carbocycles. The van der Waals surface area contributed by atoms with E-state index < -0.39 is 0 Å². The normalized spacial score (nSPS) is 13.9. The molecule has 0 saturated heterocycles. The lowest BCUT2D eigenvalue weighted by Crippen LogP contribution is -2.39. The summed E-state index contributed by atoms with van der Waals surface area (Å²) in [6.07, 6.45) is 4.50. The fourth-order valence-corrected chi connectivity index (χ4v) is 1.73. The monoisotopic (exact) mass is 224 g/mol. The molecule has 0 fully saturated rings. The second kappa shape index (κ2) is 8.15. The number of hydrogen-bond donors (Lipinski definition) is 0. The van der Waals surface area contributed by atoms with E-state index in [4.69, 9.17) is 5.26 Å². The average Bonchev–Trinajstić information content (AvgIpc) is 2.29. The van der Waals surface area contributed by atoms with Gasteiger partial charge in [-0.2, -0.15) is 5.26 Å². The molecule has 0 aromatic rings. The van der Waals surface area contributed by atoms with Gasteiger partial charge in [-0.25, -0.2) is 0 Å². The van der Waals surface area contributed by atoms with Crippen molar-refractivity contribution in [3.63, 3.8) is 0 Å². The van der Waals surface area contributed by atoms with Crippen LogP contribution in [0.3, 0.4) is 0 Å². The fourth-order valence-electron chi connectivity index (χ4n) is 1.73. The number of unbranched alkanes of at least 4 members (excludes halogenated alkanes) is 1. The number of nitriles is 1. The van der Waals surface area contributed by atoms with Crippen LogP contribution in [0, 0.1) is 17.2 Å². The van der Waals surface area contributed by atoms with E-state index in [9.17, 15) is 4.79 Å². The number of amides is 1. The van der Waals surface area contributed by atoms with E-state index in [1.807, 2.05) is 6.92 Å². The Balaban J connectivity index is 4.32. The molecule has 92 valence electrons. The Hall–Kier alpha value is -1.04. The van der Waals surface area contributed by atoms with Gasteiger partial charge in [-0.15, -0.1) is 0 Å². The summed E-state index contributed by atoms with van der Waals surface area (Å²) in [5.74, 6) is 0.324. The average molecular weight is 224 g/mol. The van der Waals surface area contributed by atoms with Crippen molar-refractivity contribution >= 4 is 5.91 Å². The number of hydrogen-bond acceptors (Lipinski definition) is 2. The highest BCUT2D eigenvalue weighted by Gasteiger charge is 2.22. The molecule has 0 radical (unpaired) electrons. The van der Waals surface area contributed by atoms with Gasteiger partial charge in [-0.3, -0.25) is 4.79 Å². The molecule has 0 rings (SSSR count). The molecule has 0 heterocycles. The van der Waals surface area contributed by atoms with Crippen molar-refractivity contribution in [3.8, 4) is 6.07 Å². The largest absolute Gasteiger partial charge is 0.342 e. The Bertz CT molecular complexity index is 245. The van der Waals surface area contributed by atoms with Gasteiger partial charge >= 0.3 is 0 Å². The predicted molar refractivity (Wildman–Crippen MR) is 65.8 cm³/mol. The van der Waals surface area contributed by atoms with Gasteiger partial charge in [0.1, 0.15) is 0 Å². The highest BCUT2D eigenvalue weighted by atomic mass is 16.2. The molecule has 2 atom stereocenters. The minimum atomic E-state index is 0.0215. The lowest BCUT2D eigenvalue weighted by atomic mass is 9.97. The van der Waals surface area contributed by atoms with Crippen LogP contribution in [0.1, 0.15) is 52.9 Å². The fraction of sp³-hybridized carbons (Fsp3) is 0.846. The van der Waals surface area contributed by atoms with Crippen molar-refractivity contribution in [3.05, 3.63) is 0 Å². The molecule has 0 saturated carbocycles. The first-order valence-corrected chi connectivity index (χ1v) is 6.22. The Morgan fingerprint density at radius 3 is 2.50 bits per heavy atom. The lowest BCUT2D eigenvalue weighted by molar-refractivity contribution is -0.136. The molecule has 1 amide bonds. The van der Waals surface area contributed by atoms with Gasteiger partial charge in [0.2, 0.25) is 5.91 Å². The van der Waals surface area contributed by atoms with Crippen LogP contribution < -0.4 is 0 Å². The van der Waals surface area contributed by atoms with Crippen LogP contribution in [-0.2, 0) is 4.79 Å². The zero-order valence-corrected chi connectivity index (χ0v) is 11.0. The van der Waals surface area contributed by atoms with Crippen LogP contribution >= 0.6 is 0 Å². The molecular formula is C13H24N2O. The number of carbonyl (C=O) groups excluding carboxylic acids is 1. The van der Waals surface area contributed by atoms with E-state index in [0.717, 1.165) is 25.7 Å². The van der Waals surface area contributed by atoms with Crippen molar-refractivity contribution in [1.29, 1.82) is 5.26 Å². The third kappa shape index (κ3) is 4.65. The molecule has 0 N–H and O–H groups in total. The smallest absolute Gasteiger partial charge is 0.225 e. The summed E-state index contributed by atoms with van der Waals surface area (Å²) in [4.78, 5) is 13.8. The maximum absolute atomic E-state index is 12.1. The Labute approximate surface area is 99.4 Å². The molecule has 0 spiro atoms. The van der Waals surface area contributed by atoms with Gasteiger partial charge < -0.3 is 4.90 Å². The number of nitrogens with zero attached hydrogens (tertiary/aromatic N) is 2. The molecule has 3 heteroatoms. The quantitative estimate of drug-likeness (QED) is 0.667. The summed E-state index contributed by atoms with van der Waals surface area (Å²) in [7, 11) is 1.80. The van der Waals surface area contributed by atoms with Gasteiger partial charge in [0.15, 0.2) is 0 Å². The van der Waals surface area contributed by atoms with Crippen LogP contribution in [0.5, 0.6) is 0 Å². The summed E-state index contributed by atoms with van der Waals surface area (Å²) >= 11 is 0. The first-order valence-electron chi connectivity index (χ1n) is 6.22. The van der Waals surface area contributed by atoms with Crippen molar-refractivity contribution in [2.24, 2.45) is 5.92 Å². The van der Waals surface area contributed by atoms with Crippen LogP contribution in [0.2, 0.25) is 0 Å². The molecule has 2 unspecified atom stereocenters. The second-order valence-corrected chi connectivity index (χ2v) is 4.41. The molecule has 0 bridgehead atoms. The minimum Gasteiger partial charge on any atom is -0.342 e. The topological polar surface area (TPSA) is 44.1 Å². The standard InChI is InChI=1S/C13H24N2O/c1-5-7-8-12(6-2)13(16)15(4)11(3)9-10-14/h11-12H,5-9H2,1-4H3. The molecule has 16 heavy (non-hydrogen) atoms. The van der Waals surface area contributed by atoms with E-state index in [0.29, 0.717) is 6.42 Å². The summed E-state index contributed by atoms with van der Waals surface area (Å²) < 4.78 is 0. The van der Waals surface area contributed by atoms with Crippen LogP contribution in [0.15, 0.2) is 0 Å². The van der Waals surface area contributed by atoms with E-state index >= 15 is 0 Å². The van der Waals surface area contributed by atoms with Crippen molar-refractivity contribution < 1.29 is 4.79 Å². The second-order valence-electron chi connectivity index (χ2n) is 4.41. The Kier molecular flexibility index (Phi) is 7.62. The summed E-state index contributed by atoms with van der Waals surface area (Å²) in [6.45, 7) is 6.12. The van der Waals surface area contributed by atoms with E-state index in [1.165, 1.54) is 0 Å². The van der Waals surface area contributed by atoms with Crippen LogP contribution in [-0.4, -0.2) is 23.9 Å². The van der Waals surface area contributed by atoms with Gasteiger partial charge in [-0.05, 0) is 19.8 Å². The Morgan fingerprint density at radius 2 is 2.06 bits per heavy atom. The van der Waals surface area contributed by atoms with Crippen molar-refractivity contribution in [1.82, 2.24) is 4.90 Å². The minimum absolute atomic E-state index is 0.0215.